The minimum absolute atomic E-state index is 0.0527. The summed E-state index contributed by atoms with van der Waals surface area (Å²) in [5, 5.41) is 2.52. The zero-order chi connectivity index (χ0) is 19.4. The number of nitrogen functional groups attached to an aromatic ring is 1. The van der Waals surface area contributed by atoms with Gasteiger partial charge in [0.05, 0.1) is 17.9 Å². The fourth-order valence-electron chi connectivity index (χ4n) is 4.76. The van der Waals surface area contributed by atoms with Crippen molar-refractivity contribution in [2.45, 2.75) is 50.5 Å². The lowest BCUT2D eigenvalue weighted by molar-refractivity contribution is -0.151. The van der Waals surface area contributed by atoms with Crippen LogP contribution in [0.3, 0.4) is 0 Å². The van der Waals surface area contributed by atoms with Crippen LogP contribution in [0.15, 0.2) is 17.5 Å². The number of hydrogen-bond donors (Lipinski definition) is 1. The number of carbonyl (C=O) groups excluding carboxylic acids is 1. The number of aryl methyl sites for hydroxylation is 1. The van der Waals surface area contributed by atoms with Crippen molar-refractivity contribution in [3.63, 3.8) is 0 Å². The quantitative estimate of drug-likeness (QED) is 0.764. The fourth-order valence-corrected chi connectivity index (χ4v) is 5.36. The molecular formula is C21H32N4O2S. The third-order valence-corrected chi connectivity index (χ3v) is 7.14. The van der Waals surface area contributed by atoms with Crippen LogP contribution in [0.4, 0.5) is 5.13 Å². The van der Waals surface area contributed by atoms with Gasteiger partial charge in [0, 0.05) is 44.5 Å². The molecule has 0 aromatic carbocycles. The number of likely N-dealkylation sites (tertiary alicyclic amines) is 1. The first-order valence-corrected chi connectivity index (χ1v) is 11.5. The van der Waals surface area contributed by atoms with E-state index in [2.05, 4.69) is 22.0 Å². The summed E-state index contributed by atoms with van der Waals surface area (Å²) in [5.74, 6) is 1.02. The molecule has 2 aliphatic heterocycles. The topological polar surface area (TPSA) is 71.7 Å². The first kappa shape index (κ1) is 19.9. The summed E-state index contributed by atoms with van der Waals surface area (Å²) in [6, 6.07) is 0. The Labute approximate surface area is 171 Å². The fraction of sp³-hybridized carbons (Fsp3) is 0.714. The van der Waals surface area contributed by atoms with Crippen LogP contribution in [-0.4, -0.2) is 65.6 Å². The summed E-state index contributed by atoms with van der Waals surface area (Å²) >= 11 is 1.44. The molecule has 0 radical (unpaired) electrons. The van der Waals surface area contributed by atoms with Gasteiger partial charge in [-0.3, -0.25) is 9.69 Å². The van der Waals surface area contributed by atoms with Crippen LogP contribution in [0, 0.1) is 5.92 Å². The van der Waals surface area contributed by atoms with Crippen LogP contribution in [0.1, 0.15) is 44.2 Å². The van der Waals surface area contributed by atoms with Crippen LogP contribution in [-0.2, 0) is 16.0 Å². The van der Waals surface area contributed by atoms with Gasteiger partial charge in [-0.1, -0.05) is 12.2 Å². The van der Waals surface area contributed by atoms with Crippen molar-refractivity contribution in [2.75, 3.05) is 45.1 Å². The lowest BCUT2D eigenvalue weighted by Crippen LogP contribution is -2.58. The van der Waals surface area contributed by atoms with E-state index in [9.17, 15) is 4.79 Å². The molecule has 6 nitrogen and oxygen atoms in total. The molecule has 3 aliphatic rings. The predicted octanol–water partition coefficient (Wildman–Crippen LogP) is 2.71. The average molecular weight is 405 g/mol. The van der Waals surface area contributed by atoms with Crippen LogP contribution >= 0.6 is 11.3 Å². The van der Waals surface area contributed by atoms with Gasteiger partial charge in [-0.2, -0.15) is 0 Å². The number of morpholine rings is 1. The number of aromatic nitrogens is 1. The molecule has 1 unspecified atom stereocenters. The maximum atomic E-state index is 12.6. The highest BCUT2D eigenvalue weighted by Crippen LogP contribution is 2.31. The second kappa shape index (κ2) is 8.93. The van der Waals surface area contributed by atoms with Gasteiger partial charge in [-0.05, 0) is 44.4 Å². The number of hydrogen-bond acceptors (Lipinski definition) is 6. The van der Waals surface area contributed by atoms with Gasteiger partial charge in [0.15, 0.2) is 5.13 Å². The third kappa shape index (κ3) is 4.93. The largest absolute Gasteiger partial charge is 0.375 e. The van der Waals surface area contributed by atoms with Crippen LogP contribution < -0.4 is 5.73 Å². The maximum Gasteiger partial charge on any atom is 0.222 e. The molecule has 1 amide bonds. The van der Waals surface area contributed by atoms with E-state index in [0.29, 0.717) is 18.0 Å². The standard InChI is InChI=1S/C21H32N4O2S/c22-20-23-18(15-28-20)6-7-19(26)25-10-8-21(9-11-25)16-24(12-13-27-21)14-17-4-2-1-3-5-17/h1-2,15,17H,3-14,16H2,(H2,22,23). The van der Waals surface area contributed by atoms with Gasteiger partial charge < -0.3 is 15.4 Å². The Bertz CT molecular complexity index is 696. The van der Waals surface area contributed by atoms with E-state index >= 15 is 0 Å². The molecule has 1 aromatic rings. The van der Waals surface area contributed by atoms with Gasteiger partial charge in [0.1, 0.15) is 0 Å². The van der Waals surface area contributed by atoms with E-state index in [1.165, 1.54) is 37.1 Å². The highest BCUT2D eigenvalue weighted by molar-refractivity contribution is 7.13. The number of allylic oxidation sites excluding steroid dienone is 2. The van der Waals surface area contributed by atoms with Gasteiger partial charge in [0.2, 0.25) is 5.91 Å². The van der Waals surface area contributed by atoms with Gasteiger partial charge in [-0.15, -0.1) is 11.3 Å². The average Bonchev–Trinajstić information content (AvgIpc) is 3.13. The number of nitrogens with two attached hydrogens (primary N) is 1. The molecule has 2 N–H and O–H groups in total. The van der Waals surface area contributed by atoms with Crippen molar-refractivity contribution >= 4 is 22.4 Å². The minimum atomic E-state index is -0.0527. The predicted molar refractivity (Wildman–Crippen MR) is 112 cm³/mol. The third-order valence-electron chi connectivity index (χ3n) is 6.41. The maximum absolute atomic E-state index is 12.6. The highest BCUT2D eigenvalue weighted by Gasteiger charge is 2.40. The van der Waals surface area contributed by atoms with Crippen molar-refractivity contribution in [3.05, 3.63) is 23.2 Å². The molecular weight excluding hydrogens is 372 g/mol. The number of ether oxygens (including phenoxy) is 1. The first-order chi connectivity index (χ1) is 13.6. The summed E-state index contributed by atoms with van der Waals surface area (Å²) in [7, 11) is 0. The number of rotatable bonds is 5. The zero-order valence-electron chi connectivity index (χ0n) is 16.6. The SMILES string of the molecule is Nc1nc(CCC(=O)N2CCC3(CC2)CN(CC2CC=CCC2)CCO3)cs1. The Morgan fingerprint density at radius 1 is 1.32 bits per heavy atom. The molecule has 28 heavy (non-hydrogen) atoms. The molecule has 2 fully saturated rings. The zero-order valence-corrected chi connectivity index (χ0v) is 17.5. The molecule has 4 rings (SSSR count). The van der Waals surface area contributed by atoms with E-state index in [-0.39, 0.29) is 11.5 Å². The van der Waals surface area contributed by atoms with Crippen molar-refractivity contribution in [2.24, 2.45) is 5.92 Å². The molecule has 154 valence electrons. The monoisotopic (exact) mass is 404 g/mol. The van der Waals surface area contributed by atoms with E-state index in [4.69, 9.17) is 10.5 Å². The lowest BCUT2D eigenvalue weighted by Gasteiger charge is -2.48. The second-order valence-electron chi connectivity index (χ2n) is 8.47. The first-order valence-electron chi connectivity index (χ1n) is 10.6. The summed E-state index contributed by atoms with van der Waals surface area (Å²) in [5.41, 5.74) is 6.54. The van der Waals surface area contributed by atoms with E-state index in [1.807, 2.05) is 10.3 Å². The summed E-state index contributed by atoms with van der Waals surface area (Å²) < 4.78 is 6.27. The molecule has 1 aromatic heterocycles. The van der Waals surface area contributed by atoms with E-state index in [1.54, 1.807) is 0 Å². The lowest BCUT2D eigenvalue weighted by atomic mass is 9.88. The van der Waals surface area contributed by atoms with E-state index < -0.39 is 0 Å². The number of amides is 1. The Morgan fingerprint density at radius 2 is 2.18 bits per heavy atom. The normalized spacial score (nSPS) is 25.3. The molecule has 1 atom stereocenters. The molecule has 1 aliphatic carbocycles. The number of anilines is 1. The number of carbonyl (C=O) groups is 1. The molecule has 1 spiro atoms. The van der Waals surface area contributed by atoms with Crippen molar-refractivity contribution in [3.8, 4) is 0 Å². The molecule has 7 heteroatoms. The molecule has 0 bridgehead atoms. The summed E-state index contributed by atoms with van der Waals surface area (Å²) in [6.07, 6.45) is 11.5. The second-order valence-corrected chi connectivity index (χ2v) is 9.36. The van der Waals surface area contributed by atoms with Gasteiger partial charge in [0.25, 0.3) is 0 Å². The number of piperidine rings is 1. The van der Waals surface area contributed by atoms with Crippen molar-refractivity contribution in [1.82, 2.24) is 14.8 Å². The Hall–Kier alpha value is -1.44. The number of thiazole rings is 1. The van der Waals surface area contributed by atoms with Crippen molar-refractivity contribution in [1.29, 1.82) is 0 Å². The Kier molecular flexibility index (Phi) is 6.33. The summed E-state index contributed by atoms with van der Waals surface area (Å²) in [4.78, 5) is 21.5. The van der Waals surface area contributed by atoms with Crippen LogP contribution in [0.5, 0.6) is 0 Å². The molecule has 0 saturated carbocycles. The Balaban J connectivity index is 1.24. The van der Waals surface area contributed by atoms with E-state index in [0.717, 1.165) is 57.2 Å². The highest BCUT2D eigenvalue weighted by atomic mass is 32.1. The smallest absolute Gasteiger partial charge is 0.222 e. The Morgan fingerprint density at radius 3 is 2.89 bits per heavy atom. The van der Waals surface area contributed by atoms with Gasteiger partial charge in [-0.25, -0.2) is 4.98 Å². The molecule has 2 saturated heterocycles. The van der Waals surface area contributed by atoms with Crippen LogP contribution in [0.2, 0.25) is 0 Å². The summed E-state index contributed by atoms with van der Waals surface area (Å²) in [6.45, 7) is 5.68. The van der Waals surface area contributed by atoms with Gasteiger partial charge >= 0.3 is 0 Å². The minimum Gasteiger partial charge on any atom is -0.375 e. The van der Waals surface area contributed by atoms with Crippen LogP contribution in [0.25, 0.3) is 0 Å². The molecule has 3 heterocycles. The van der Waals surface area contributed by atoms with Crippen molar-refractivity contribution < 1.29 is 9.53 Å². The number of nitrogens with zero attached hydrogens (tertiary/aromatic N) is 3.